The van der Waals surface area contributed by atoms with E-state index in [2.05, 4.69) is 56.9 Å². The van der Waals surface area contributed by atoms with E-state index in [-0.39, 0.29) is 5.41 Å². The first-order chi connectivity index (χ1) is 9.90. The summed E-state index contributed by atoms with van der Waals surface area (Å²) in [5.41, 5.74) is 7.31. The predicted molar refractivity (Wildman–Crippen MR) is 88.8 cm³/mol. The number of rotatable bonds is 5. The Hall–Kier alpha value is -1.06. The van der Waals surface area contributed by atoms with Gasteiger partial charge in [0.25, 0.3) is 0 Å². The molecule has 3 heteroatoms. The van der Waals surface area contributed by atoms with Crippen molar-refractivity contribution in [3.8, 4) is 5.75 Å². The summed E-state index contributed by atoms with van der Waals surface area (Å²) in [5.74, 6) is 1.62. The fraction of sp³-hybridized carbons (Fsp3) is 0.667. The Balaban J connectivity index is 1.79. The van der Waals surface area contributed by atoms with Gasteiger partial charge in [0.1, 0.15) is 12.4 Å². The SMILES string of the molecule is CC1CC(CN)CN1CCOc1ccc(C(C)(C)C)cc1. The van der Waals surface area contributed by atoms with Crippen LogP contribution in [-0.4, -0.2) is 37.2 Å². The van der Waals surface area contributed by atoms with Crippen molar-refractivity contribution in [1.82, 2.24) is 4.90 Å². The zero-order chi connectivity index (χ0) is 15.5. The van der Waals surface area contributed by atoms with Crippen LogP contribution in [0.3, 0.4) is 0 Å². The van der Waals surface area contributed by atoms with Gasteiger partial charge in [0.2, 0.25) is 0 Å². The summed E-state index contributed by atoms with van der Waals surface area (Å²) in [6, 6.07) is 9.12. The smallest absolute Gasteiger partial charge is 0.119 e. The number of hydrogen-bond acceptors (Lipinski definition) is 3. The molecule has 0 radical (unpaired) electrons. The van der Waals surface area contributed by atoms with Gasteiger partial charge >= 0.3 is 0 Å². The Labute approximate surface area is 129 Å². The Morgan fingerprint density at radius 2 is 1.90 bits per heavy atom. The van der Waals surface area contributed by atoms with E-state index in [0.29, 0.717) is 12.0 Å². The highest BCUT2D eigenvalue weighted by Crippen LogP contribution is 2.25. The third kappa shape index (κ3) is 4.45. The third-order valence-corrected chi connectivity index (χ3v) is 4.49. The van der Waals surface area contributed by atoms with Gasteiger partial charge in [-0.15, -0.1) is 0 Å². The first kappa shape index (κ1) is 16.3. The third-order valence-electron chi connectivity index (χ3n) is 4.49. The molecule has 3 nitrogen and oxygen atoms in total. The fourth-order valence-corrected chi connectivity index (χ4v) is 3.03. The van der Waals surface area contributed by atoms with Gasteiger partial charge in [0.15, 0.2) is 0 Å². The molecule has 2 N–H and O–H groups in total. The molecule has 2 atom stereocenters. The van der Waals surface area contributed by atoms with Crippen LogP contribution in [0.15, 0.2) is 24.3 Å². The number of nitrogens with two attached hydrogens (primary N) is 1. The summed E-state index contributed by atoms with van der Waals surface area (Å²) in [4.78, 5) is 2.49. The molecule has 0 spiro atoms. The van der Waals surface area contributed by atoms with Gasteiger partial charge in [-0.3, -0.25) is 4.90 Å². The normalized spacial score (nSPS) is 23.5. The lowest BCUT2D eigenvalue weighted by molar-refractivity contribution is 0.202. The first-order valence-corrected chi connectivity index (χ1v) is 8.07. The highest BCUT2D eigenvalue weighted by molar-refractivity contribution is 5.31. The largest absolute Gasteiger partial charge is 0.492 e. The van der Waals surface area contributed by atoms with Crippen LogP contribution in [0.5, 0.6) is 5.75 Å². The number of likely N-dealkylation sites (tertiary alicyclic amines) is 1. The van der Waals surface area contributed by atoms with E-state index in [0.717, 1.165) is 32.0 Å². The average Bonchev–Trinajstić information content (AvgIpc) is 2.79. The Kier molecular flexibility index (Phi) is 5.28. The molecule has 2 unspecified atom stereocenters. The minimum Gasteiger partial charge on any atom is -0.492 e. The summed E-state index contributed by atoms with van der Waals surface area (Å²) in [5, 5.41) is 0. The van der Waals surface area contributed by atoms with E-state index in [9.17, 15) is 0 Å². The lowest BCUT2D eigenvalue weighted by Crippen LogP contribution is -2.32. The Morgan fingerprint density at radius 1 is 1.24 bits per heavy atom. The molecule has 2 rings (SSSR count). The lowest BCUT2D eigenvalue weighted by atomic mass is 9.87. The molecule has 1 fully saturated rings. The van der Waals surface area contributed by atoms with Crippen molar-refractivity contribution >= 4 is 0 Å². The van der Waals surface area contributed by atoms with Gasteiger partial charge in [-0.05, 0) is 48.9 Å². The number of hydrogen-bond donors (Lipinski definition) is 1. The van der Waals surface area contributed by atoms with Gasteiger partial charge in [0, 0.05) is 19.1 Å². The maximum atomic E-state index is 5.88. The Bertz CT molecular complexity index is 436. The van der Waals surface area contributed by atoms with Crippen LogP contribution in [0.4, 0.5) is 0 Å². The molecule has 0 amide bonds. The zero-order valence-electron chi connectivity index (χ0n) is 13.9. The molecule has 21 heavy (non-hydrogen) atoms. The maximum absolute atomic E-state index is 5.88. The van der Waals surface area contributed by atoms with E-state index in [1.54, 1.807) is 0 Å². The summed E-state index contributed by atoms with van der Waals surface area (Å²) in [6.45, 7) is 12.6. The maximum Gasteiger partial charge on any atom is 0.119 e. The van der Waals surface area contributed by atoms with Crippen molar-refractivity contribution < 1.29 is 4.74 Å². The summed E-state index contributed by atoms with van der Waals surface area (Å²) < 4.78 is 5.88. The van der Waals surface area contributed by atoms with Crippen LogP contribution in [0.2, 0.25) is 0 Å². The number of benzene rings is 1. The average molecular weight is 290 g/mol. The van der Waals surface area contributed by atoms with Crippen LogP contribution in [0, 0.1) is 5.92 Å². The van der Waals surface area contributed by atoms with Crippen molar-refractivity contribution in [3.63, 3.8) is 0 Å². The minimum atomic E-state index is 0.195. The van der Waals surface area contributed by atoms with Gasteiger partial charge in [-0.25, -0.2) is 0 Å². The number of nitrogens with zero attached hydrogens (tertiary/aromatic N) is 1. The van der Waals surface area contributed by atoms with Crippen molar-refractivity contribution in [1.29, 1.82) is 0 Å². The molecule has 0 saturated carbocycles. The second-order valence-electron chi connectivity index (χ2n) is 7.30. The minimum absolute atomic E-state index is 0.195. The second kappa shape index (κ2) is 6.80. The van der Waals surface area contributed by atoms with Crippen molar-refractivity contribution in [3.05, 3.63) is 29.8 Å². The molecule has 118 valence electrons. The lowest BCUT2D eigenvalue weighted by Gasteiger charge is -2.21. The second-order valence-corrected chi connectivity index (χ2v) is 7.30. The molecule has 1 saturated heterocycles. The van der Waals surface area contributed by atoms with Gasteiger partial charge in [-0.1, -0.05) is 32.9 Å². The molecular weight excluding hydrogens is 260 g/mol. The van der Waals surface area contributed by atoms with E-state index in [1.165, 1.54) is 12.0 Å². The van der Waals surface area contributed by atoms with E-state index < -0.39 is 0 Å². The van der Waals surface area contributed by atoms with Crippen LogP contribution in [-0.2, 0) is 5.41 Å². The molecular formula is C18H30N2O. The highest BCUT2D eigenvalue weighted by Gasteiger charge is 2.27. The van der Waals surface area contributed by atoms with Crippen LogP contribution >= 0.6 is 0 Å². The van der Waals surface area contributed by atoms with Crippen LogP contribution in [0.1, 0.15) is 39.7 Å². The molecule has 1 aromatic carbocycles. The van der Waals surface area contributed by atoms with Gasteiger partial charge in [-0.2, -0.15) is 0 Å². The van der Waals surface area contributed by atoms with Crippen molar-refractivity contribution in [2.24, 2.45) is 11.7 Å². The summed E-state index contributed by atoms with van der Waals surface area (Å²) >= 11 is 0. The molecule has 1 aromatic rings. The van der Waals surface area contributed by atoms with E-state index >= 15 is 0 Å². The summed E-state index contributed by atoms with van der Waals surface area (Å²) in [6.07, 6.45) is 1.22. The molecule has 1 aliphatic heterocycles. The molecule has 1 heterocycles. The zero-order valence-corrected chi connectivity index (χ0v) is 13.9. The van der Waals surface area contributed by atoms with Gasteiger partial charge in [0.05, 0.1) is 0 Å². The molecule has 1 aliphatic rings. The standard InChI is InChI=1S/C18H30N2O/c1-14-11-15(12-19)13-20(14)9-10-21-17-7-5-16(6-8-17)18(2,3)4/h5-8,14-15H,9-13,19H2,1-4H3. The summed E-state index contributed by atoms with van der Waals surface area (Å²) in [7, 11) is 0. The Morgan fingerprint density at radius 3 is 2.43 bits per heavy atom. The quantitative estimate of drug-likeness (QED) is 0.906. The number of ether oxygens (including phenoxy) is 1. The molecule has 0 bridgehead atoms. The van der Waals surface area contributed by atoms with E-state index in [4.69, 9.17) is 10.5 Å². The first-order valence-electron chi connectivity index (χ1n) is 8.07. The van der Waals surface area contributed by atoms with Crippen molar-refractivity contribution in [2.75, 3.05) is 26.2 Å². The van der Waals surface area contributed by atoms with Gasteiger partial charge < -0.3 is 10.5 Å². The predicted octanol–water partition coefficient (Wildman–Crippen LogP) is 3.03. The fourth-order valence-electron chi connectivity index (χ4n) is 3.03. The monoisotopic (exact) mass is 290 g/mol. The molecule has 0 aliphatic carbocycles. The van der Waals surface area contributed by atoms with Crippen LogP contribution in [0.25, 0.3) is 0 Å². The highest BCUT2D eigenvalue weighted by atomic mass is 16.5. The molecule has 0 aromatic heterocycles. The van der Waals surface area contributed by atoms with Crippen molar-refractivity contribution in [2.45, 2.75) is 45.6 Å². The van der Waals surface area contributed by atoms with E-state index in [1.807, 2.05) is 0 Å². The topological polar surface area (TPSA) is 38.5 Å². The van der Waals surface area contributed by atoms with Crippen LogP contribution < -0.4 is 10.5 Å².